The molecule has 0 aliphatic rings. The first-order valence-electron chi connectivity index (χ1n) is 4.03. The van der Waals surface area contributed by atoms with Crippen molar-refractivity contribution >= 4 is 11.6 Å². The second-order valence-corrected chi connectivity index (χ2v) is 3.25. The van der Waals surface area contributed by atoms with Crippen molar-refractivity contribution in [2.24, 2.45) is 0 Å². The number of phenols is 1. The van der Waals surface area contributed by atoms with Crippen molar-refractivity contribution in [3.63, 3.8) is 0 Å². The van der Waals surface area contributed by atoms with Crippen LogP contribution in [0.5, 0.6) is 11.5 Å². The topological polar surface area (TPSA) is 53.2 Å². The number of phenolic OH excluding ortho intramolecular Hbond substituents is 1. The van der Waals surface area contributed by atoms with Crippen molar-refractivity contribution < 1.29 is 9.84 Å². The summed E-state index contributed by atoms with van der Waals surface area (Å²) in [5.74, 6) is 0.293. The zero-order chi connectivity index (χ0) is 10.7. The molecule has 0 heterocycles. The Morgan fingerprint density at radius 3 is 2.79 bits per heavy atom. The van der Waals surface area contributed by atoms with E-state index in [2.05, 4.69) is 0 Å². The second-order valence-electron chi connectivity index (χ2n) is 2.87. The minimum atomic E-state index is -0.0512. The number of halogens is 1. The first-order valence-corrected chi connectivity index (χ1v) is 4.41. The summed E-state index contributed by atoms with van der Waals surface area (Å²) >= 11 is 5.94. The molecule has 1 aromatic rings. The van der Waals surface area contributed by atoms with Crippen LogP contribution >= 0.6 is 11.6 Å². The molecule has 1 rings (SSSR count). The molecular formula is C10H10ClNO2. The van der Waals surface area contributed by atoms with E-state index in [1.807, 2.05) is 6.07 Å². The van der Waals surface area contributed by atoms with Crippen molar-refractivity contribution in [1.29, 1.82) is 5.26 Å². The molecule has 0 aliphatic carbocycles. The molecule has 1 N–H and O–H groups in total. The highest BCUT2D eigenvalue weighted by molar-refractivity contribution is 6.32. The number of aromatic hydroxyl groups is 1. The van der Waals surface area contributed by atoms with Crippen LogP contribution in [0.2, 0.25) is 5.02 Å². The van der Waals surface area contributed by atoms with E-state index >= 15 is 0 Å². The number of nitriles is 1. The van der Waals surface area contributed by atoms with Crippen molar-refractivity contribution in [2.75, 3.05) is 7.11 Å². The summed E-state index contributed by atoms with van der Waals surface area (Å²) in [5.41, 5.74) is 1.21. The summed E-state index contributed by atoms with van der Waals surface area (Å²) in [6.07, 6.45) is 0.0721. The van der Waals surface area contributed by atoms with Crippen LogP contribution in [-0.4, -0.2) is 12.2 Å². The Morgan fingerprint density at radius 1 is 1.64 bits per heavy atom. The fourth-order valence-corrected chi connectivity index (χ4v) is 1.43. The Hall–Kier alpha value is -1.40. The molecule has 0 aliphatic heterocycles. The number of aryl methyl sites for hydroxylation is 1. The lowest BCUT2D eigenvalue weighted by Gasteiger charge is -2.10. The van der Waals surface area contributed by atoms with Crippen LogP contribution in [0.25, 0.3) is 0 Å². The molecule has 74 valence electrons. The summed E-state index contributed by atoms with van der Waals surface area (Å²) < 4.78 is 4.95. The smallest absolute Gasteiger partial charge is 0.163 e. The van der Waals surface area contributed by atoms with Crippen molar-refractivity contribution in [3.05, 3.63) is 22.2 Å². The van der Waals surface area contributed by atoms with Crippen LogP contribution in [0.3, 0.4) is 0 Å². The highest BCUT2D eigenvalue weighted by Crippen LogP contribution is 2.37. The largest absolute Gasteiger partial charge is 0.504 e. The first-order chi connectivity index (χ1) is 6.61. The molecule has 4 heteroatoms. The van der Waals surface area contributed by atoms with Crippen LogP contribution in [0.4, 0.5) is 0 Å². The molecule has 1 aromatic carbocycles. The van der Waals surface area contributed by atoms with Crippen molar-refractivity contribution in [2.45, 2.75) is 13.3 Å². The first kappa shape index (κ1) is 10.7. The number of ether oxygens (including phenoxy) is 1. The van der Waals surface area contributed by atoms with Gasteiger partial charge in [-0.2, -0.15) is 5.26 Å². The van der Waals surface area contributed by atoms with Gasteiger partial charge in [0.1, 0.15) is 0 Å². The van der Waals surface area contributed by atoms with E-state index in [1.165, 1.54) is 7.11 Å². The number of hydrogen-bond donors (Lipinski definition) is 1. The summed E-state index contributed by atoms with van der Waals surface area (Å²) in [6.45, 7) is 1.80. The van der Waals surface area contributed by atoms with Gasteiger partial charge in [0.15, 0.2) is 11.5 Å². The van der Waals surface area contributed by atoms with Gasteiger partial charge >= 0.3 is 0 Å². The predicted molar refractivity (Wildman–Crippen MR) is 53.7 cm³/mol. The molecular weight excluding hydrogens is 202 g/mol. The van der Waals surface area contributed by atoms with Crippen molar-refractivity contribution in [3.8, 4) is 17.6 Å². The van der Waals surface area contributed by atoms with E-state index in [-0.39, 0.29) is 12.2 Å². The maximum atomic E-state index is 9.66. The third-order valence-electron chi connectivity index (χ3n) is 1.95. The van der Waals surface area contributed by atoms with Crippen LogP contribution in [-0.2, 0) is 6.42 Å². The Kier molecular flexibility index (Phi) is 3.21. The van der Waals surface area contributed by atoms with Gasteiger partial charge in [-0.3, -0.25) is 0 Å². The van der Waals surface area contributed by atoms with E-state index in [1.54, 1.807) is 13.0 Å². The Labute approximate surface area is 87.5 Å². The third-order valence-corrected chi connectivity index (χ3v) is 2.48. The van der Waals surface area contributed by atoms with Gasteiger partial charge in [0.25, 0.3) is 0 Å². The molecule has 0 spiro atoms. The zero-order valence-electron chi connectivity index (χ0n) is 7.97. The monoisotopic (exact) mass is 211 g/mol. The number of methoxy groups -OCH3 is 1. The predicted octanol–water partition coefficient (Wildman–Crippen LogP) is 2.43. The SMILES string of the molecule is COc1cc(C)c(Cl)c(CC#N)c1O. The van der Waals surface area contributed by atoms with Gasteiger partial charge in [0, 0.05) is 5.56 Å². The molecule has 0 bridgehead atoms. The minimum absolute atomic E-state index is 0.0512. The molecule has 0 saturated carbocycles. The Balaban J connectivity index is 3.38. The lowest BCUT2D eigenvalue weighted by Crippen LogP contribution is -1.93. The standard InChI is InChI=1S/C10H10ClNO2/c1-6-5-8(14-2)10(13)7(3-4-12)9(6)11/h5,13H,3H2,1-2H3. The van der Waals surface area contributed by atoms with Gasteiger partial charge in [-0.1, -0.05) is 11.6 Å². The van der Waals surface area contributed by atoms with Gasteiger partial charge in [-0.05, 0) is 18.6 Å². The van der Waals surface area contributed by atoms with Gasteiger partial charge in [0.05, 0.1) is 24.6 Å². The lowest BCUT2D eigenvalue weighted by atomic mass is 10.1. The van der Waals surface area contributed by atoms with Gasteiger partial charge in [-0.15, -0.1) is 0 Å². The molecule has 14 heavy (non-hydrogen) atoms. The summed E-state index contributed by atoms with van der Waals surface area (Å²) in [6, 6.07) is 3.58. The number of hydrogen-bond acceptors (Lipinski definition) is 3. The maximum Gasteiger partial charge on any atom is 0.163 e. The zero-order valence-corrected chi connectivity index (χ0v) is 8.72. The average Bonchev–Trinajstić information content (AvgIpc) is 2.18. The molecule has 3 nitrogen and oxygen atoms in total. The summed E-state index contributed by atoms with van der Waals surface area (Å²) in [5, 5.41) is 18.6. The summed E-state index contributed by atoms with van der Waals surface area (Å²) in [4.78, 5) is 0. The fraction of sp³-hybridized carbons (Fsp3) is 0.300. The highest BCUT2D eigenvalue weighted by atomic mass is 35.5. The normalized spacial score (nSPS) is 9.57. The average molecular weight is 212 g/mol. The third kappa shape index (κ3) is 1.75. The van der Waals surface area contributed by atoms with Gasteiger partial charge in [-0.25, -0.2) is 0 Å². The Morgan fingerprint density at radius 2 is 2.29 bits per heavy atom. The maximum absolute atomic E-state index is 9.66. The summed E-state index contributed by atoms with van der Waals surface area (Å²) in [7, 11) is 1.46. The molecule has 0 fully saturated rings. The molecule has 0 saturated heterocycles. The van der Waals surface area contributed by atoms with E-state index in [9.17, 15) is 5.11 Å². The second kappa shape index (κ2) is 4.21. The van der Waals surface area contributed by atoms with Crippen molar-refractivity contribution in [1.82, 2.24) is 0 Å². The van der Waals surface area contributed by atoms with Crippen LogP contribution in [0, 0.1) is 18.3 Å². The number of rotatable bonds is 2. The number of nitrogens with zero attached hydrogens (tertiary/aromatic N) is 1. The van der Waals surface area contributed by atoms with E-state index in [0.717, 1.165) is 5.56 Å². The fourth-order valence-electron chi connectivity index (χ4n) is 1.22. The van der Waals surface area contributed by atoms with Gasteiger partial charge in [0.2, 0.25) is 0 Å². The van der Waals surface area contributed by atoms with E-state index in [4.69, 9.17) is 21.6 Å². The minimum Gasteiger partial charge on any atom is -0.504 e. The van der Waals surface area contributed by atoms with Crippen LogP contribution in [0.15, 0.2) is 6.07 Å². The molecule has 0 unspecified atom stereocenters. The molecule has 0 atom stereocenters. The Bertz CT molecular complexity index is 396. The molecule has 0 amide bonds. The van der Waals surface area contributed by atoms with Crippen LogP contribution in [0.1, 0.15) is 11.1 Å². The molecule has 0 radical (unpaired) electrons. The van der Waals surface area contributed by atoms with E-state index < -0.39 is 0 Å². The highest BCUT2D eigenvalue weighted by Gasteiger charge is 2.14. The van der Waals surface area contributed by atoms with Gasteiger partial charge < -0.3 is 9.84 Å². The quantitative estimate of drug-likeness (QED) is 0.818. The van der Waals surface area contributed by atoms with Crippen LogP contribution < -0.4 is 4.74 Å². The number of benzene rings is 1. The molecule has 0 aromatic heterocycles. The lowest BCUT2D eigenvalue weighted by molar-refractivity contribution is 0.371. The van der Waals surface area contributed by atoms with E-state index in [0.29, 0.717) is 16.3 Å².